The quantitative estimate of drug-likeness (QED) is 0.183. The Morgan fingerprint density at radius 2 is 1.55 bits per heavy atom. The summed E-state index contributed by atoms with van der Waals surface area (Å²) < 4.78 is 45.3. The van der Waals surface area contributed by atoms with E-state index in [1.54, 1.807) is 45.0 Å². The standard InChI is InChI=1S/C36H45N3O9S/c1-36(2,3)48-35(43)38-24-33(41)39-49(44,45)32-19-18-28(22-31(32)47-29-12-8-5-9-13-29)26-16-14-25(15-17-26)20-21-46-34(42)37-23-30(40)27-10-6-4-7-11-27/h4,6-7,10-11,14-19,22,29-30,40H,5,8-9,12-13,20-21,23-24H2,1-3H3,(H,37,42)(H,38,43)(H,39,41)/t30-/m0/s1. The molecule has 12 nitrogen and oxygen atoms in total. The number of carbonyl (C=O) groups excluding carboxylic acids is 3. The van der Waals surface area contributed by atoms with Crippen molar-refractivity contribution in [3.05, 3.63) is 83.9 Å². The van der Waals surface area contributed by atoms with Crippen LogP contribution in [0.5, 0.6) is 5.75 Å². The fourth-order valence-electron chi connectivity index (χ4n) is 5.22. The van der Waals surface area contributed by atoms with Crippen molar-refractivity contribution in [2.24, 2.45) is 0 Å². The van der Waals surface area contributed by atoms with Crippen molar-refractivity contribution in [3.63, 3.8) is 0 Å². The SMILES string of the molecule is CC(C)(C)OC(=O)NCC(=O)NS(=O)(=O)c1ccc(-c2ccc(CCOC(=O)NC[C@H](O)c3ccccc3)cc2)cc1OC1CCCCC1. The van der Waals surface area contributed by atoms with Gasteiger partial charge in [-0.2, -0.15) is 0 Å². The van der Waals surface area contributed by atoms with Crippen molar-refractivity contribution in [2.45, 2.75) is 82.0 Å². The van der Waals surface area contributed by atoms with Crippen LogP contribution in [0, 0.1) is 0 Å². The lowest BCUT2D eigenvalue weighted by Crippen LogP contribution is -2.41. The molecule has 4 N–H and O–H groups in total. The summed E-state index contributed by atoms with van der Waals surface area (Å²) in [5.74, 6) is -0.800. The molecule has 0 aromatic heterocycles. The van der Waals surface area contributed by atoms with E-state index < -0.39 is 46.4 Å². The molecule has 1 atom stereocenters. The molecule has 0 unspecified atom stereocenters. The molecular weight excluding hydrogens is 650 g/mol. The highest BCUT2D eigenvalue weighted by molar-refractivity contribution is 7.90. The summed E-state index contributed by atoms with van der Waals surface area (Å²) >= 11 is 0. The monoisotopic (exact) mass is 695 g/mol. The molecule has 3 aromatic rings. The lowest BCUT2D eigenvalue weighted by Gasteiger charge is -2.24. The summed E-state index contributed by atoms with van der Waals surface area (Å²) in [6.07, 6.45) is 2.61. The number of hydrogen-bond donors (Lipinski definition) is 4. The van der Waals surface area contributed by atoms with Crippen molar-refractivity contribution in [1.29, 1.82) is 0 Å². The number of sulfonamides is 1. The Morgan fingerprint density at radius 3 is 2.22 bits per heavy atom. The number of hydrogen-bond acceptors (Lipinski definition) is 9. The lowest BCUT2D eigenvalue weighted by molar-refractivity contribution is -0.118. The molecule has 0 bridgehead atoms. The Balaban J connectivity index is 1.38. The Kier molecular flexibility index (Phi) is 13.0. The highest BCUT2D eigenvalue weighted by Gasteiger charge is 2.26. The van der Waals surface area contributed by atoms with Crippen molar-refractivity contribution < 1.29 is 42.1 Å². The normalized spacial score (nSPS) is 14.3. The van der Waals surface area contributed by atoms with Gasteiger partial charge in [-0.3, -0.25) is 4.79 Å². The molecule has 1 aliphatic rings. The van der Waals surface area contributed by atoms with Crippen LogP contribution in [0.4, 0.5) is 9.59 Å². The fraction of sp³-hybridized carbons (Fsp3) is 0.417. The number of aliphatic hydroxyl groups is 1. The van der Waals surface area contributed by atoms with E-state index in [2.05, 4.69) is 10.6 Å². The van der Waals surface area contributed by atoms with Gasteiger partial charge in [0.15, 0.2) is 0 Å². The summed E-state index contributed by atoms with van der Waals surface area (Å²) in [5, 5.41) is 15.0. The van der Waals surface area contributed by atoms with Gasteiger partial charge in [0.05, 0.1) is 25.4 Å². The van der Waals surface area contributed by atoms with E-state index in [1.165, 1.54) is 6.07 Å². The van der Waals surface area contributed by atoms with Crippen molar-refractivity contribution in [2.75, 3.05) is 19.7 Å². The Bertz CT molecular complexity index is 1670. The third kappa shape index (κ3) is 12.1. The van der Waals surface area contributed by atoms with Crippen LogP contribution in [0.1, 0.15) is 70.1 Å². The maximum atomic E-state index is 13.4. The minimum atomic E-state index is -4.35. The van der Waals surface area contributed by atoms with Gasteiger partial charge >= 0.3 is 12.2 Å². The van der Waals surface area contributed by atoms with Crippen LogP contribution in [0.15, 0.2) is 77.7 Å². The molecule has 0 saturated heterocycles. The van der Waals surface area contributed by atoms with Gasteiger partial charge in [-0.15, -0.1) is 0 Å². The number of amides is 3. The second-order valence-corrected chi connectivity index (χ2v) is 14.5. The summed E-state index contributed by atoms with van der Waals surface area (Å²) in [5.41, 5.74) is 2.36. The summed E-state index contributed by atoms with van der Waals surface area (Å²) in [4.78, 5) is 36.3. The smallest absolute Gasteiger partial charge is 0.408 e. The maximum absolute atomic E-state index is 13.4. The molecule has 1 saturated carbocycles. The molecule has 3 aromatic carbocycles. The Labute approximate surface area is 287 Å². The lowest BCUT2D eigenvalue weighted by atomic mass is 9.97. The third-order valence-electron chi connectivity index (χ3n) is 7.65. The van der Waals surface area contributed by atoms with Crippen LogP contribution in [0.25, 0.3) is 11.1 Å². The van der Waals surface area contributed by atoms with Crippen LogP contribution in [0.2, 0.25) is 0 Å². The average molecular weight is 696 g/mol. The first-order chi connectivity index (χ1) is 23.3. The largest absolute Gasteiger partial charge is 0.489 e. The van der Waals surface area contributed by atoms with E-state index in [9.17, 15) is 27.9 Å². The molecule has 0 heterocycles. The third-order valence-corrected chi connectivity index (χ3v) is 9.07. The molecule has 1 fully saturated rings. The summed E-state index contributed by atoms with van der Waals surface area (Å²) in [6.45, 7) is 4.58. The van der Waals surface area contributed by atoms with Crippen LogP contribution in [-0.4, -0.2) is 63.0 Å². The maximum Gasteiger partial charge on any atom is 0.408 e. The van der Waals surface area contributed by atoms with Gasteiger partial charge in [0.2, 0.25) is 0 Å². The van der Waals surface area contributed by atoms with Gasteiger partial charge in [-0.25, -0.2) is 22.7 Å². The molecule has 0 aliphatic heterocycles. The highest BCUT2D eigenvalue weighted by atomic mass is 32.2. The predicted octanol–water partition coefficient (Wildman–Crippen LogP) is 5.40. The number of rotatable bonds is 13. The van der Waals surface area contributed by atoms with Gasteiger partial charge in [0.1, 0.15) is 22.8 Å². The Hall–Kier alpha value is -4.62. The number of benzene rings is 3. The Morgan fingerprint density at radius 1 is 0.878 bits per heavy atom. The second-order valence-electron chi connectivity index (χ2n) is 12.8. The molecule has 4 rings (SSSR count). The van der Waals surface area contributed by atoms with Gasteiger partial charge in [-0.1, -0.05) is 67.1 Å². The van der Waals surface area contributed by atoms with E-state index in [1.807, 2.05) is 47.2 Å². The van der Waals surface area contributed by atoms with E-state index in [-0.39, 0.29) is 29.9 Å². The number of ether oxygens (including phenoxy) is 3. The van der Waals surface area contributed by atoms with E-state index >= 15 is 0 Å². The second kappa shape index (κ2) is 17.2. The zero-order valence-corrected chi connectivity index (χ0v) is 28.9. The summed E-state index contributed by atoms with van der Waals surface area (Å²) in [6, 6.07) is 21.2. The number of aliphatic hydroxyl groups excluding tert-OH is 1. The molecule has 3 amide bonds. The molecule has 264 valence electrons. The minimum Gasteiger partial charge on any atom is -0.489 e. The van der Waals surface area contributed by atoms with Gasteiger partial charge < -0.3 is 30.0 Å². The molecule has 13 heteroatoms. The molecule has 0 spiro atoms. The van der Waals surface area contributed by atoms with Gasteiger partial charge in [0.25, 0.3) is 15.9 Å². The average Bonchev–Trinajstić information content (AvgIpc) is 3.06. The first-order valence-corrected chi connectivity index (χ1v) is 17.8. The predicted molar refractivity (Wildman–Crippen MR) is 183 cm³/mol. The first kappa shape index (κ1) is 37.2. The molecule has 49 heavy (non-hydrogen) atoms. The zero-order valence-electron chi connectivity index (χ0n) is 28.1. The van der Waals surface area contributed by atoms with Crippen molar-refractivity contribution in [1.82, 2.24) is 15.4 Å². The topological polar surface area (TPSA) is 169 Å². The highest BCUT2D eigenvalue weighted by Crippen LogP contribution is 2.33. The van der Waals surface area contributed by atoms with E-state index in [0.717, 1.165) is 43.2 Å². The molecule has 1 aliphatic carbocycles. The summed E-state index contributed by atoms with van der Waals surface area (Å²) in [7, 11) is -4.35. The molecular formula is C36H45N3O9S. The van der Waals surface area contributed by atoms with E-state index in [0.29, 0.717) is 17.5 Å². The molecule has 0 radical (unpaired) electrons. The minimum absolute atomic E-state index is 0.0295. The first-order valence-electron chi connectivity index (χ1n) is 16.4. The van der Waals surface area contributed by atoms with Gasteiger partial charge in [0, 0.05) is 6.42 Å². The zero-order chi connectivity index (χ0) is 35.4. The van der Waals surface area contributed by atoms with E-state index in [4.69, 9.17) is 14.2 Å². The van der Waals surface area contributed by atoms with Crippen LogP contribution < -0.4 is 20.1 Å². The number of alkyl carbamates (subject to hydrolysis) is 2. The number of nitrogens with one attached hydrogen (secondary N) is 3. The van der Waals surface area contributed by atoms with Crippen molar-refractivity contribution in [3.8, 4) is 16.9 Å². The fourth-order valence-corrected chi connectivity index (χ4v) is 6.32. The number of carbonyl (C=O) groups is 3. The van der Waals surface area contributed by atoms with Crippen LogP contribution in [-0.2, 0) is 30.7 Å². The van der Waals surface area contributed by atoms with Gasteiger partial charge in [-0.05, 0) is 80.8 Å². The van der Waals surface area contributed by atoms with Crippen LogP contribution in [0.3, 0.4) is 0 Å². The van der Waals surface area contributed by atoms with Crippen LogP contribution >= 0.6 is 0 Å². The van der Waals surface area contributed by atoms with Crippen molar-refractivity contribution >= 4 is 28.1 Å².